The molecule has 3 rings (SSSR count). The average molecular weight is 298 g/mol. The van der Waals surface area contributed by atoms with E-state index in [9.17, 15) is 4.39 Å². The van der Waals surface area contributed by atoms with E-state index in [1.54, 1.807) is 12.1 Å². The fourth-order valence-electron chi connectivity index (χ4n) is 2.59. The van der Waals surface area contributed by atoms with Crippen LogP contribution in [0.1, 0.15) is 30.1 Å². The number of rotatable bonds is 3. The standard InChI is InChI=1S/C13H13ClFN3S/c14-13-11(16-17-19-13)8-18-6-2-5-12(18)9-3-1-4-10(15)7-9/h1,3-4,7,12H,2,5-6,8H2. The first-order valence-corrected chi connectivity index (χ1v) is 7.35. The molecule has 19 heavy (non-hydrogen) atoms. The van der Waals surface area contributed by atoms with Crippen molar-refractivity contribution in [3.63, 3.8) is 0 Å². The van der Waals surface area contributed by atoms with E-state index in [0.29, 0.717) is 10.9 Å². The van der Waals surface area contributed by atoms with Gasteiger partial charge in [0.05, 0.1) is 0 Å². The highest BCUT2D eigenvalue weighted by atomic mass is 35.5. The van der Waals surface area contributed by atoms with E-state index >= 15 is 0 Å². The SMILES string of the molecule is Fc1cccc(C2CCCN2Cc2nnsc2Cl)c1. The lowest BCUT2D eigenvalue weighted by Gasteiger charge is -2.23. The van der Waals surface area contributed by atoms with Crippen LogP contribution < -0.4 is 0 Å². The maximum absolute atomic E-state index is 13.3. The zero-order chi connectivity index (χ0) is 13.2. The van der Waals surface area contributed by atoms with Crippen LogP contribution in [0.25, 0.3) is 0 Å². The number of hydrogen-bond donors (Lipinski definition) is 0. The van der Waals surface area contributed by atoms with Crippen LogP contribution >= 0.6 is 23.1 Å². The topological polar surface area (TPSA) is 29.0 Å². The maximum Gasteiger partial charge on any atom is 0.138 e. The molecule has 0 spiro atoms. The lowest BCUT2D eigenvalue weighted by Crippen LogP contribution is -2.23. The third kappa shape index (κ3) is 2.78. The van der Waals surface area contributed by atoms with Crippen LogP contribution in [-0.2, 0) is 6.54 Å². The van der Waals surface area contributed by atoms with Gasteiger partial charge >= 0.3 is 0 Å². The Labute approximate surface area is 120 Å². The van der Waals surface area contributed by atoms with Crippen molar-refractivity contribution < 1.29 is 4.39 Å². The summed E-state index contributed by atoms with van der Waals surface area (Å²) in [5.41, 5.74) is 1.84. The minimum Gasteiger partial charge on any atom is -0.290 e. The molecule has 1 atom stereocenters. The highest BCUT2D eigenvalue weighted by Crippen LogP contribution is 2.34. The summed E-state index contributed by atoms with van der Waals surface area (Å²) in [6.07, 6.45) is 2.15. The summed E-state index contributed by atoms with van der Waals surface area (Å²) in [5.74, 6) is -0.183. The molecule has 1 saturated heterocycles. The van der Waals surface area contributed by atoms with Crippen molar-refractivity contribution in [1.82, 2.24) is 14.5 Å². The van der Waals surface area contributed by atoms with E-state index in [2.05, 4.69) is 14.5 Å². The Morgan fingerprint density at radius 3 is 3.11 bits per heavy atom. The van der Waals surface area contributed by atoms with Gasteiger partial charge in [-0.25, -0.2) is 4.39 Å². The number of nitrogens with zero attached hydrogens (tertiary/aromatic N) is 3. The number of benzene rings is 1. The molecule has 2 heterocycles. The Morgan fingerprint density at radius 1 is 1.47 bits per heavy atom. The van der Waals surface area contributed by atoms with Crippen LogP contribution in [0.3, 0.4) is 0 Å². The molecule has 100 valence electrons. The zero-order valence-electron chi connectivity index (χ0n) is 10.2. The van der Waals surface area contributed by atoms with Crippen molar-refractivity contribution in [2.24, 2.45) is 0 Å². The molecule has 0 saturated carbocycles. The van der Waals surface area contributed by atoms with Gasteiger partial charge in [-0.15, -0.1) is 5.10 Å². The number of aromatic nitrogens is 2. The van der Waals surface area contributed by atoms with Gasteiger partial charge < -0.3 is 0 Å². The molecule has 0 amide bonds. The molecule has 1 unspecified atom stereocenters. The summed E-state index contributed by atoms with van der Waals surface area (Å²) in [6, 6.07) is 7.08. The van der Waals surface area contributed by atoms with Gasteiger partial charge in [0.25, 0.3) is 0 Å². The van der Waals surface area contributed by atoms with Gasteiger partial charge in [-0.3, -0.25) is 4.90 Å². The van der Waals surface area contributed by atoms with E-state index in [1.807, 2.05) is 6.07 Å². The predicted molar refractivity (Wildman–Crippen MR) is 73.7 cm³/mol. The first-order chi connectivity index (χ1) is 9.24. The molecule has 0 bridgehead atoms. The van der Waals surface area contributed by atoms with Crippen LogP contribution in [0.5, 0.6) is 0 Å². The van der Waals surface area contributed by atoms with Crippen LogP contribution in [0, 0.1) is 5.82 Å². The Hall–Kier alpha value is -1.04. The summed E-state index contributed by atoms with van der Waals surface area (Å²) >= 11 is 7.25. The van der Waals surface area contributed by atoms with Gasteiger partial charge in [0, 0.05) is 24.1 Å². The van der Waals surface area contributed by atoms with Gasteiger partial charge in [0.1, 0.15) is 15.8 Å². The number of hydrogen-bond acceptors (Lipinski definition) is 4. The summed E-state index contributed by atoms with van der Waals surface area (Å²) < 4.78 is 17.8. The van der Waals surface area contributed by atoms with Crippen molar-refractivity contribution in [1.29, 1.82) is 0 Å². The molecular formula is C13H13ClFN3S. The van der Waals surface area contributed by atoms with Crippen LogP contribution in [0.15, 0.2) is 24.3 Å². The van der Waals surface area contributed by atoms with E-state index in [0.717, 1.165) is 30.6 Å². The van der Waals surface area contributed by atoms with E-state index in [1.165, 1.54) is 17.6 Å². The first-order valence-electron chi connectivity index (χ1n) is 6.20. The van der Waals surface area contributed by atoms with Gasteiger partial charge in [-0.05, 0) is 37.1 Å². The van der Waals surface area contributed by atoms with Crippen molar-refractivity contribution >= 4 is 23.1 Å². The smallest absolute Gasteiger partial charge is 0.138 e. The van der Waals surface area contributed by atoms with E-state index in [-0.39, 0.29) is 11.9 Å². The summed E-state index contributed by atoms with van der Waals surface area (Å²) in [6.45, 7) is 1.66. The molecule has 0 radical (unpaired) electrons. The van der Waals surface area contributed by atoms with Crippen LogP contribution in [0.4, 0.5) is 4.39 Å². The normalized spacial score (nSPS) is 20.0. The lowest BCUT2D eigenvalue weighted by atomic mass is 10.0. The third-order valence-corrected chi connectivity index (χ3v) is 4.44. The molecule has 1 aliphatic rings. The monoisotopic (exact) mass is 297 g/mol. The molecule has 1 aromatic heterocycles. The molecule has 1 aromatic carbocycles. The second-order valence-electron chi connectivity index (χ2n) is 4.68. The summed E-state index contributed by atoms with van der Waals surface area (Å²) in [7, 11) is 0. The van der Waals surface area contributed by atoms with Gasteiger partial charge in [-0.2, -0.15) is 0 Å². The summed E-state index contributed by atoms with van der Waals surface area (Å²) in [5, 5.41) is 4.05. The molecule has 1 aliphatic heterocycles. The Balaban J connectivity index is 1.80. The van der Waals surface area contributed by atoms with Crippen molar-refractivity contribution in [3.8, 4) is 0 Å². The molecule has 0 aliphatic carbocycles. The predicted octanol–water partition coefficient (Wildman–Crippen LogP) is 3.67. The largest absolute Gasteiger partial charge is 0.290 e. The number of halogens is 2. The van der Waals surface area contributed by atoms with Gasteiger partial charge in [0.15, 0.2) is 0 Å². The van der Waals surface area contributed by atoms with Crippen molar-refractivity contribution in [2.75, 3.05) is 6.54 Å². The minimum absolute atomic E-state index is 0.183. The molecule has 1 fully saturated rings. The quantitative estimate of drug-likeness (QED) is 0.865. The minimum atomic E-state index is -0.183. The third-order valence-electron chi connectivity index (χ3n) is 3.46. The second-order valence-corrected chi connectivity index (χ2v) is 6.03. The molecule has 2 aromatic rings. The van der Waals surface area contributed by atoms with Gasteiger partial charge in [0.2, 0.25) is 0 Å². The average Bonchev–Trinajstić information content (AvgIpc) is 3.00. The maximum atomic E-state index is 13.3. The Bertz CT molecular complexity index is 575. The molecule has 3 nitrogen and oxygen atoms in total. The zero-order valence-corrected chi connectivity index (χ0v) is 11.8. The Morgan fingerprint density at radius 2 is 2.37 bits per heavy atom. The van der Waals surface area contributed by atoms with Crippen molar-refractivity contribution in [3.05, 3.63) is 45.7 Å². The Kier molecular flexibility index (Phi) is 3.77. The molecular weight excluding hydrogens is 285 g/mol. The number of likely N-dealkylation sites (tertiary alicyclic amines) is 1. The van der Waals surface area contributed by atoms with Crippen LogP contribution in [0.2, 0.25) is 4.34 Å². The van der Waals surface area contributed by atoms with E-state index in [4.69, 9.17) is 11.6 Å². The fourth-order valence-corrected chi connectivity index (χ4v) is 3.20. The molecule has 6 heteroatoms. The van der Waals surface area contributed by atoms with Crippen LogP contribution in [-0.4, -0.2) is 21.0 Å². The first kappa shape index (κ1) is 13.0. The van der Waals surface area contributed by atoms with Gasteiger partial charge in [-0.1, -0.05) is 28.2 Å². The van der Waals surface area contributed by atoms with Crippen molar-refractivity contribution in [2.45, 2.75) is 25.4 Å². The van der Waals surface area contributed by atoms with E-state index < -0.39 is 0 Å². The lowest BCUT2D eigenvalue weighted by molar-refractivity contribution is 0.245. The fraction of sp³-hybridized carbons (Fsp3) is 0.385. The second kappa shape index (κ2) is 5.53. The highest BCUT2D eigenvalue weighted by Gasteiger charge is 2.27. The summed E-state index contributed by atoms with van der Waals surface area (Å²) in [4.78, 5) is 2.29. The molecule has 0 N–H and O–H groups in total. The highest BCUT2D eigenvalue weighted by molar-refractivity contribution is 7.10.